The van der Waals surface area contributed by atoms with Gasteiger partial charge < -0.3 is 10.1 Å². The van der Waals surface area contributed by atoms with Gasteiger partial charge in [-0.3, -0.25) is 0 Å². The molecule has 2 aromatic rings. The van der Waals surface area contributed by atoms with E-state index in [1.54, 1.807) is 0 Å². The smallest absolute Gasteiger partial charge is 0.119 e. The molecule has 1 aliphatic heterocycles. The minimum atomic E-state index is 0.341. The fraction of sp³-hybridized carbons (Fsp3) is 0.364. The molecule has 1 N–H and O–H groups in total. The molecule has 4 rings (SSSR count). The molecule has 1 aliphatic carbocycles. The third kappa shape index (κ3) is 3.35. The van der Waals surface area contributed by atoms with Crippen molar-refractivity contribution in [3.63, 3.8) is 0 Å². The average Bonchev–Trinajstić information content (AvgIpc) is 3.10. The van der Waals surface area contributed by atoms with Crippen molar-refractivity contribution in [2.24, 2.45) is 11.8 Å². The van der Waals surface area contributed by atoms with E-state index in [4.69, 9.17) is 4.74 Å². The minimum Gasteiger partial charge on any atom is -0.493 e. The van der Waals surface area contributed by atoms with E-state index in [1.165, 1.54) is 16.8 Å². The van der Waals surface area contributed by atoms with Crippen LogP contribution in [0.2, 0.25) is 0 Å². The van der Waals surface area contributed by atoms with Gasteiger partial charge >= 0.3 is 0 Å². The average molecular weight is 398 g/mol. The van der Waals surface area contributed by atoms with Crippen LogP contribution in [0, 0.1) is 11.8 Å². The summed E-state index contributed by atoms with van der Waals surface area (Å²) in [6.07, 6.45) is 5.84. The summed E-state index contributed by atoms with van der Waals surface area (Å²) in [5.41, 5.74) is 3.99. The molecule has 0 spiro atoms. The zero-order chi connectivity index (χ0) is 17.4. The van der Waals surface area contributed by atoms with Crippen molar-refractivity contribution in [2.45, 2.75) is 32.2 Å². The first-order valence-electron chi connectivity index (χ1n) is 9.07. The molecule has 25 heavy (non-hydrogen) atoms. The van der Waals surface area contributed by atoms with E-state index < -0.39 is 0 Å². The summed E-state index contributed by atoms with van der Waals surface area (Å²) >= 11 is 3.61. The topological polar surface area (TPSA) is 21.3 Å². The molecule has 0 radical (unpaired) electrons. The van der Waals surface area contributed by atoms with Crippen molar-refractivity contribution in [2.75, 3.05) is 11.9 Å². The Balaban J connectivity index is 1.59. The number of anilines is 1. The lowest BCUT2D eigenvalue weighted by Gasteiger charge is -2.37. The summed E-state index contributed by atoms with van der Waals surface area (Å²) in [5.74, 6) is 2.57. The number of hydrogen-bond donors (Lipinski definition) is 1. The molecule has 0 bridgehead atoms. The van der Waals surface area contributed by atoms with Crippen LogP contribution in [0.25, 0.3) is 0 Å². The Morgan fingerprint density at radius 2 is 1.96 bits per heavy atom. The number of ether oxygens (including phenoxy) is 1. The van der Waals surface area contributed by atoms with Gasteiger partial charge in [-0.15, -0.1) is 0 Å². The molecule has 0 saturated carbocycles. The molecule has 130 valence electrons. The predicted molar refractivity (Wildman–Crippen MR) is 107 cm³/mol. The third-order valence-electron chi connectivity index (χ3n) is 5.15. The molecular formula is C22H24BrNO. The van der Waals surface area contributed by atoms with Gasteiger partial charge in [-0.1, -0.05) is 54.1 Å². The van der Waals surface area contributed by atoms with E-state index in [0.717, 1.165) is 23.2 Å². The second-order valence-corrected chi connectivity index (χ2v) is 8.40. The van der Waals surface area contributed by atoms with Crippen molar-refractivity contribution in [1.82, 2.24) is 0 Å². The Morgan fingerprint density at radius 3 is 2.72 bits per heavy atom. The van der Waals surface area contributed by atoms with E-state index in [0.29, 0.717) is 23.8 Å². The van der Waals surface area contributed by atoms with Gasteiger partial charge in [0.2, 0.25) is 0 Å². The van der Waals surface area contributed by atoms with E-state index in [2.05, 4.69) is 89.7 Å². The van der Waals surface area contributed by atoms with Gasteiger partial charge in [-0.05, 0) is 59.7 Å². The molecule has 0 unspecified atom stereocenters. The van der Waals surface area contributed by atoms with E-state index in [1.807, 2.05) is 0 Å². The highest BCUT2D eigenvalue weighted by Crippen LogP contribution is 2.50. The normalized spacial score (nSPS) is 23.9. The molecule has 2 aromatic carbocycles. The molecule has 2 aliphatic rings. The van der Waals surface area contributed by atoms with Crippen LogP contribution in [0.1, 0.15) is 43.4 Å². The quantitative estimate of drug-likeness (QED) is 0.610. The summed E-state index contributed by atoms with van der Waals surface area (Å²) in [6.45, 7) is 5.10. The molecule has 1 heterocycles. The molecule has 0 saturated heterocycles. The van der Waals surface area contributed by atoms with Crippen molar-refractivity contribution in [1.29, 1.82) is 0 Å². The van der Waals surface area contributed by atoms with Gasteiger partial charge in [0.1, 0.15) is 5.75 Å². The van der Waals surface area contributed by atoms with Gasteiger partial charge in [0.15, 0.2) is 0 Å². The Hall–Kier alpha value is -1.74. The van der Waals surface area contributed by atoms with Crippen LogP contribution < -0.4 is 10.1 Å². The summed E-state index contributed by atoms with van der Waals surface area (Å²) in [5, 5.41) is 3.78. The van der Waals surface area contributed by atoms with Gasteiger partial charge in [-0.25, -0.2) is 0 Å². The Kier molecular flexibility index (Phi) is 4.60. The Morgan fingerprint density at radius 1 is 1.16 bits per heavy atom. The lowest BCUT2D eigenvalue weighted by atomic mass is 9.77. The number of nitrogens with one attached hydrogen (secondary N) is 1. The molecular weight excluding hydrogens is 374 g/mol. The second-order valence-electron chi connectivity index (χ2n) is 7.48. The van der Waals surface area contributed by atoms with Gasteiger partial charge in [0, 0.05) is 16.1 Å². The van der Waals surface area contributed by atoms with Crippen molar-refractivity contribution < 1.29 is 4.74 Å². The highest BCUT2D eigenvalue weighted by atomic mass is 79.9. The summed E-state index contributed by atoms with van der Waals surface area (Å²) < 4.78 is 6.98. The monoisotopic (exact) mass is 397 g/mol. The second kappa shape index (κ2) is 6.87. The molecule has 2 nitrogen and oxygen atoms in total. The first-order valence-corrected chi connectivity index (χ1v) is 9.86. The summed E-state index contributed by atoms with van der Waals surface area (Å²) in [4.78, 5) is 0. The van der Waals surface area contributed by atoms with Gasteiger partial charge in [0.25, 0.3) is 0 Å². The lowest BCUT2D eigenvalue weighted by molar-refractivity contribution is 0.271. The van der Waals surface area contributed by atoms with Crippen LogP contribution in [0.4, 0.5) is 5.69 Å². The molecule has 0 amide bonds. The molecule has 0 fully saturated rings. The zero-order valence-electron chi connectivity index (χ0n) is 14.7. The van der Waals surface area contributed by atoms with E-state index >= 15 is 0 Å². The standard InChI is InChI=1S/C22H24BrNO/c1-14(2)13-25-17-9-6-15(7-10-17)22-19-5-3-4-18(19)20-12-16(23)8-11-21(20)24-22/h3-4,6-12,14,18-19,22,24H,5,13H2,1-2H3/t18-,19+,22+/m1/s1. The largest absolute Gasteiger partial charge is 0.493 e. The zero-order valence-corrected chi connectivity index (χ0v) is 16.3. The summed E-state index contributed by atoms with van der Waals surface area (Å²) in [7, 11) is 0. The third-order valence-corrected chi connectivity index (χ3v) is 5.64. The Labute approximate surface area is 158 Å². The number of rotatable bonds is 4. The maximum atomic E-state index is 5.83. The SMILES string of the molecule is CC(C)COc1ccc([C@@H]2Nc3ccc(Br)cc3[C@@H]3C=CC[C@@H]32)cc1. The Bertz CT molecular complexity index is 781. The van der Waals surface area contributed by atoms with Crippen LogP contribution in [0.5, 0.6) is 5.75 Å². The summed E-state index contributed by atoms with van der Waals surface area (Å²) in [6, 6.07) is 15.5. The van der Waals surface area contributed by atoms with Gasteiger partial charge in [-0.2, -0.15) is 0 Å². The number of allylic oxidation sites excluding steroid dienone is 2. The van der Waals surface area contributed by atoms with Crippen LogP contribution in [-0.2, 0) is 0 Å². The number of hydrogen-bond acceptors (Lipinski definition) is 2. The highest BCUT2D eigenvalue weighted by molar-refractivity contribution is 9.10. The molecule has 3 atom stereocenters. The fourth-order valence-electron chi connectivity index (χ4n) is 3.93. The van der Waals surface area contributed by atoms with Gasteiger partial charge in [0.05, 0.1) is 12.6 Å². The van der Waals surface area contributed by atoms with Crippen molar-refractivity contribution in [3.05, 3.63) is 70.2 Å². The molecule has 0 aromatic heterocycles. The molecule has 3 heteroatoms. The van der Waals surface area contributed by atoms with E-state index in [9.17, 15) is 0 Å². The van der Waals surface area contributed by atoms with Crippen molar-refractivity contribution >= 4 is 21.6 Å². The maximum absolute atomic E-state index is 5.83. The maximum Gasteiger partial charge on any atom is 0.119 e. The van der Waals surface area contributed by atoms with Crippen LogP contribution in [-0.4, -0.2) is 6.61 Å². The minimum absolute atomic E-state index is 0.341. The van der Waals surface area contributed by atoms with Crippen LogP contribution in [0.15, 0.2) is 59.1 Å². The van der Waals surface area contributed by atoms with Crippen LogP contribution in [0.3, 0.4) is 0 Å². The lowest BCUT2D eigenvalue weighted by Crippen LogP contribution is -2.29. The predicted octanol–water partition coefficient (Wildman–Crippen LogP) is 6.31. The van der Waals surface area contributed by atoms with Crippen LogP contribution >= 0.6 is 15.9 Å². The fourth-order valence-corrected chi connectivity index (χ4v) is 4.31. The highest BCUT2D eigenvalue weighted by Gasteiger charge is 2.37. The number of fused-ring (bicyclic) bond motifs is 3. The first-order chi connectivity index (χ1) is 12.1. The first kappa shape index (κ1) is 16.7. The van der Waals surface area contributed by atoms with Crippen molar-refractivity contribution in [3.8, 4) is 5.75 Å². The van der Waals surface area contributed by atoms with E-state index in [-0.39, 0.29) is 0 Å². The number of halogens is 1. The number of benzene rings is 2.